The summed E-state index contributed by atoms with van der Waals surface area (Å²) in [6.07, 6.45) is -2.79. The number of rotatable bonds is 5. The summed E-state index contributed by atoms with van der Waals surface area (Å²) in [5.74, 6) is 1.09. The summed E-state index contributed by atoms with van der Waals surface area (Å²) in [4.78, 5) is 23.7. The minimum Gasteiger partial charge on any atom is -0.493 e. The zero-order chi connectivity index (χ0) is 24.6. The number of aromatic amines is 1. The number of alkyl halides is 3. The molecule has 2 aromatic heterocycles. The Kier molecular flexibility index (Phi) is 6.31. The molecule has 35 heavy (non-hydrogen) atoms. The molecule has 0 spiro atoms. The van der Waals surface area contributed by atoms with E-state index >= 15 is 0 Å². The molecule has 10 heteroatoms. The van der Waals surface area contributed by atoms with Crippen molar-refractivity contribution in [2.45, 2.75) is 32.5 Å². The van der Waals surface area contributed by atoms with Gasteiger partial charge in [-0.2, -0.15) is 13.2 Å². The highest BCUT2D eigenvalue weighted by Gasteiger charge is 2.33. The summed E-state index contributed by atoms with van der Waals surface area (Å²) in [6.45, 7) is 6.43. The number of H-pyrrole nitrogens is 1. The van der Waals surface area contributed by atoms with Crippen LogP contribution in [0.1, 0.15) is 30.2 Å². The lowest BCUT2D eigenvalue weighted by Gasteiger charge is -2.35. The van der Waals surface area contributed by atoms with Crippen molar-refractivity contribution in [3.8, 4) is 5.75 Å². The molecule has 0 atom stereocenters. The molecule has 0 amide bonds. The van der Waals surface area contributed by atoms with Gasteiger partial charge < -0.3 is 19.9 Å². The molecular weight excluding hydrogens is 459 g/mol. The van der Waals surface area contributed by atoms with E-state index in [1.807, 2.05) is 24.0 Å². The lowest BCUT2D eigenvalue weighted by atomic mass is 9.99. The molecule has 0 bridgehead atoms. The second kappa shape index (κ2) is 9.41. The molecule has 4 heterocycles. The molecule has 0 saturated carbocycles. The predicted octanol–water partition coefficient (Wildman–Crippen LogP) is 4.02. The molecule has 2 N–H and O–H groups in total. The van der Waals surface area contributed by atoms with Crippen molar-refractivity contribution in [2.24, 2.45) is 0 Å². The SMILES string of the molecule is CCOc1cc(CN2CCN(c3cccc(C(F)(F)F)n3)CC2)cc2[nH]c(=O)c3c(c12)NCCC3. The van der Waals surface area contributed by atoms with Crippen LogP contribution in [0, 0.1) is 0 Å². The maximum absolute atomic E-state index is 13.0. The fourth-order valence-corrected chi connectivity index (χ4v) is 4.91. The summed E-state index contributed by atoms with van der Waals surface area (Å²) in [6, 6.07) is 8.04. The summed E-state index contributed by atoms with van der Waals surface area (Å²) >= 11 is 0. The van der Waals surface area contributed by atoms with E-state index in [0.717, 1.165) is 58.9 Å². The molecule has 5 rings (SSSR count). The lowest BCUT2D eigenvalue weighted by molar-refractivity contribution is -0.141. The van der Waals surface area contributed by atoms with Crippen molar-refractivity contribution in [2.75, 3.05) is 49.5 Å². The van der Waals surface area contributed by atoms with Crippen LogP contribution < -0.4 is 20.5 Å². The molecule has 3 aromatic rings. The zero-order valence-electron chi connectivity index (χ0n) is 19.5. The quantitative estimate of drug-likeness (QED) is 0.567. The first-order valence-electron chi connectivity index (χ1n) is 11.9. The number of benzene rings is 1. The third-order valence-corrected chi connectivity index (χ3v) is 6.57. The second-order valence-corrected chi connectivity index (χ2v) is 8.93. The van der Waals surface area contributed by atoms with Crippen LogP contribution in [0.2, 0.25) is 0 Å². The summed E-state index contributed by atoms with van der Waals surface area (Å²) < 4.78 is 45.1. The summed E-state index contributed by atoms with van der Waals surface area (Å²) in [5, 5.41) is 4.30. The highest BCUT2D eigenvalue weighted by molar-refractivity contribution is 5.98. The first-order valence-corrected chi connectivity index (χ1v) is 11.9. The first-order chi connectivity index (χ1) is 16.8. The largest absolute Gasteiger partial charge is 0.493 e. The lowest BCUT2D eigenvalue weighted by Crippen LogP contribution is -2.46. The summed E-state index contributed by atoms with van der Waals surface area (Å²) in [5.41, 5.74) is 2.46. The number of pyridine rings is 2. The van der Waals surface area contributed by atoms with Gasteiger partial charge in [0, 0.05) is 44.8 Å². The van der Waals surface area contributed by atoms with Gasteiger partial charge in [-0.1, -0.05) is 6.07 Å². The number of nitrogens with zero attached hydrogens (tertiary/aromatic N) is 3. The van der Waals surface area contributed by atoms with Crippen LogP contribution in [-0.2, 0) is 19.1 Å². The first kappa shape index (κ1) is 23.5. The van der Waals surface area contributed by atoms with Crippen LogP contribution in [-0.4, -0.2) is 54.2 Å². The number of fused-ring (bicyclic) bond motifs is 3. The number of piperazine rings is 1. The maximum Gasteiger partial charge on any atom is 0.433 e. The van der Waals surface area contributed by atoms with Crippen molar-refractivity contribution < 1.29 is 17.9 Å². The van der Waals surface area contributed by atoms with Crippen LogP contribution in [0.25, 0.3) is 10.9 Å². The standard InChI is InChI=1S/C25H28F3N5O2/c1-2-35-19-14-16(13-18-22(19)23-17(24(34)30-18)5-4-8-29-23)15-32-9-11-33(12-10-32)21-7-3-6-20(31-21)25(26,27)28/h3,6-7,13-14,29H,2,4-5,8-12,15H2,1H3,(H,30,34). The minimum absolute atomic E-state index is 0.0681. The Bertz CT molecular complexity index is 1280. The smallest absolute Gasteiger partial charge is 0.433 e. The van der Waals surface area contributed by atoms with Crippen molar-refractivity contribution in [3.63, 3.8) is 0 Å². The highest BCUT2D eigenvalue weighted by Crippen LogP contribution is 2.36. The third kappa shape index (κ3) is 4.80. The van der Waals surface area contributed by atoms with E-state index in [9.17, 15) is 18.0 Å². The molecule has 1 aromatic carbocycles. The van der Waals surface area contributed by atoms with Crippen LogP contribution in [0.15, 0.2) is 35.1 Å². The predicted molar refractivity (Wildman–Crippen MR) is 129 cm³/mol. The Balaban J connectivity index is 1.35. The molecule has 0 unspecified atom stereocenters. The topological polar surface area (TPSA) is 73.5 Å². The van der Waals surface area contributed by atoms with E-state index in [1.165, 1.54) is 6.07 Å². The monoisotopic (exact) mass is 487 g/mol. The summed E-state index contributed by atoms with van der Waals surface area (Å²) in [7, 11) is 0. The van der Waals surface area contributed by atoms with Gasteiger partial charge in [0.05, 0.1) is 23.2 Å². The van der Waals surface area contributed by atoms with Gasteiger partial charge in [0.15, 0.2) is 0 Å². The Morgan fingerprint density at radius 2 is 1.94 bits per heavy atom. The fourth-order valence-electron chi connectivity index (χ4n) is 4.91. The van der Waals surface area contributed by atoms with Gasteiger partial charge in [-0.05, 0) is 49.6 Å². The average molecular weight is 488 g/mol. The number of ether oxygens (including phenoxy) is 1. The number of anilines is 2. The molecule has 2 aliphatic rings. The van der Waals surface area contributed by atoms with E-state index in [2.05, 4.69) is 20.2 Å². The van der Waals surface area contributed by atoms with E-state index in [4.69, 9.17) is 4.74 Å². The van der Waals surface area contributed by atoms with Crippen molar-refractivity contribution >= 4 is 22.4 Å². The molecule has 0 aliphatic carbocycles. The van der Waals surface area contributed by atoms with Gasteiger partial charge in [-0.25, -0.2) is 4.98 Å². The molecule has 2 aliphatic heterocycles. The molecular formula is C25H28F3N5O2. The molecule has 7 nitrogen and oxygen atoms in total. The van der Waals surface area contributed by atoms with Crippen LogP contribution >= 0.6 is 0 Å². The van der Waals surface area contributed by atoms with Crippen LogP contribution in [0.5, 0.6) is 5.75 Å². The highest BCUT2D eigenvalue weighted by atomic mass is 19.4. The Morgan fingerprint density at radius 3 is 2.69 bits per heavy atom. The van der Waals surface area contributed by atoms with Crippen molar-refractivity contribution in [3.05, 3.63) is 57.5 Å². The number of halogens is 3. The van der Waals surface area contributed by atoms with Gasteiger partial charge >= 0.3 is 6.18 Å². The molecule has 1 fully saturated rings. The normalized spacial score (nSPS) is 16.7. The second-order valence-electron chi connectivity index (χ2n) is 8.93. The zero-order valence-corrected chi connectivity index (χ0v) is 19.5. The number of hydrogen-bond donors (Lipinski definition) is 2. The van der Waals surface area contributed by atoms with Crippen molar-refractivity contribution in [1.29, 1.82) is 0 Å². The van der Waals surface area contributed by atoms with Gasteiger partial charge in [0.1, 0.15) is 17.3 Å². The third-order valence-electron chi connectivity index (χ3n) is 6.57. The fraction of sp³-hybridized carbons (Fsp3) is 0.440. The van der Waals surface area contributed by atoms with Gasteiger partial charge in [0.2, 0.25) is 0 Å². The minimum atomic E-state index is -4.46. The Hall–Kier alpha value is -3.27. The van der Waals surface area contributed by atoms with Gasteiger partial charge in [0.25, 0.3) is 5.56 Å². The Morgan fingerprint density at radius 1 is 1.14 bits per heavy atom. The van der Waals surface area contributed by atoms with Crippen LogP contribution in [0.3, 0.4) is 0 Å². The van der Waals surface area contributed by atoms with E-state index in [1.54, 1.807) is 6.07 Å². The molecule has 1 saturated heterocycles. The van der Waals surface area contributed by atoms with E-state index in [0.29, 0.717) is 45.1 Å². The Labute approximate surface area is 200 Å². The van der Waals surface area contributed by atoms with E-state index in [-0.39, 0.29) is 5.56 Å². The van der Waals surface area contributed by atoms with E-state index < -0.39 is 11.9 Å². The van der Waals surface area contributed by atoms with Gasteiger partial charge in [-0.15, -0.1) is 0 Å². The van der Waals surface area contributed by atoms with Crippen molar-refractivity contribution in [1.82, 2.24) is 14.9 Å². The molecule has 0 radical (unpaired) electrons. The number of aromatic nitrogens is 2. The molecule has 186 valence electrons. The number of nitrogens with one attached hydrogen (secondary N) is 2. The average Bonchev–Trinajstić information content (AvgIpc) is 2.84. The maximum atomic E-state index is 13.0. The van der Waals surface area contributed by atoms with Crippen LogP contribution in [0.4, 0.5) is 24.7 Å². The van der Waals surface area contributed by atoms with Gasteiger partial charge in [-0.3, -0.25) is 9.69 Å². The number of hydrogen-bond acceptors (Lipinski definition) is 6.